The molecule has 0 spiro atoms. The van der Waals surface area contributed by atoms with Gasteiger partial charge < -0.3 is 19.5 Å². The lowest BCUT2D eigenvalue weighted by Crippen LogP contribution is -2.31. The quantitative estimate of drug-likeness (QED) is 0.395. The minimum atomic E-state index is -1.03. The van der Waals surface area contributed by atoms with Gasteiger partial charge in [-0.15, -0.1) is 0 Å². The second kappa shape index (κ2) is 11.0. The van der Waals surface area contributed by atoms with Crippen LogP contribution in [-0.2, 0) is 20.9 Å². The molecule has 1 heterocycles. The first-order chi connectivity index (χ1) is 15.0. The molecule has 1 aromatic heterocycles. The maximum Gasteiger partial charge on any atom is 0.344 e. The number of esters is 1. The van der Waals surface area contributed by atoms with E-state index in [1.54, 1.807) is 36.4 Å². The number of aromatic nitrogens is 1. The molecule has 3 aromatic rings. The Kier molecular flexibility index (Phi) is 7.84. The van der Waals surface area contributed by atoms with Crippen LogP contribution in [0.25, 0.3) is 0 Å². The topological polar surface area (TPSA) is 86.8 Å². The van der Waals surface area contributed by atoms with Crippen LogP contribution in [0.3, 0.4) is 0 Å². The highest BCUT2D eigenvalue weighted by Crippen LogP contribution is 2.19. The van der Waals surface area contributed by atoms with E-state index in [2.05, 4.69) is 10.3 Å². The molecule has 0 aliphatic heterocycles. The van der Waals surface area contributed by atoms with E-state index in [9.17, 15) is 9.59 Å². The van der Waals surface area contributed by atoms with Crippen molar-refractivity contribution in [2.75, 3.05) is 11.9 Å². The van der Waals surface area contributed by atoms with Gasteiger partial charge in [0.25, 0.3) is 5.91 Å². The minimum absolute atomic E-state index is 0.147. The number of nitrogens with zero attached hydrogens (tertiary/aromatic N) is 1. The lowest BCUT2D eigenvalue weighted by atomic mass is 10.2. The number of benzene rings is 2. The molecule has 0 radical (unpaired) electrons. The lowest BCUT2D eigenvalue weighted by Gasteiger charge is -2.14. The second-order valence-corrected chi connectivity index (χ2v) is 6.86. The molecule has 1 amide bonds. The van der Waals surface area contributed by atoms with Crippen LogP contribution >= 0.6 is 11.6 Å². The van der Waals surface area contributed by atoms with Crippen molar-refractivity contribution >= 4 is 29.2 Å². The van der Waals surface area contributed by atoms with E-state index in [0.717, 1.165) is 5.56 Å². The number of halogens is 1. The number of anilines is 1. The average Bonchev–Trinajstić information content (AvgIpc) is 2.79. The first-order valence-electron chi connectivity index (χ1n) is 9.51. The van der Waals surface area contributed by atoms with E-state index in [-0.39, 0.29) is 11.8 Å². The Balaban J connectivity index is 1.41. The lowest BCUT2D eigenvalue weighted by molar-refractivity contribution is -0.155. The van der Waals surface area contributed by atoms with Gasteiger partial charge >= 0.3 is 5.97 Å². The summed E-state index contributed by atoms with van der Waals surface area (Å²) in [6.07, 6.45) is 0.474. The summed E-state index contributed by atoms with van der Waals surface area (Å²) < 4.78 is 16.2. The summed E-state index contributed by atoms with van der Waals surface area (Å²) in [6.45, 7) is 1.57. The summed E-state index contributed by atoms with van der Waals surface area (Å²) in [5.74, 6) is -0.0473. The highest BCUT2D eigenvalue weighted by atomic mass is 35.5. The van der Waals surface area contributed by atoms with Gasteiger partial charge in [0.2, 0.25) is 0 Å². The fraction of sp³-hybridized carbons (Fsp3) is 0.174. The molecule has 2 aromatic carbocycles. The van der Waals surface area contributed by atoms with Crippen LogP contribution in [-0.4, -0.2) is 29.6 Å². The molecule has 0 bridgehead atoms. The molecule has 3 rings (SSSR count). The number of hydrogen-bond donors (Lipinski definition) is 1. The van der Waals surface area contributed by atoms with Crippen molar-refractivity contribution in [2.45, 2.75) is 19.6 Å². The van der Waals surface area contributed by atoms with Gasteiger partial charge in [-0.25, -0.2) is 9.78 Å². The number of nitrogens with one attached hydrogen (secondary N) is 1. The molecule has 0 saturated carbocycles. The van der Waals surface area contributed by atoms with Crippen LogP contribution in [0.5, 0.6) is 11.5 Å². The Bertz CT molecular complexity index is 1010. The zero-order chi connectivity index (χ0) is 22.1. The maximum absolute atomic E-state index is 12.1. The summed E-state index contributed by atoms with van der Waals surface area (Å²) in [5.41, 5.74) is 1.40. The molecule has 1 N–H and O–H groups in total. The minimum Gasteiger partial charge on any atom is -0.489 e. The van der Waals surface area contributed by atoms with E-state index in [0.29, 0.717) is 23.8 Å². The van der Waals surface area contributed by atoms with Crippen molar-refractivity contribution < 1.29 is 23.8 Å². The Morgan fingerprint density at radius 1 is 0.968 bits per heavy atom. The number of amides is 1. The Morgan fingerprint density at radius 2 is 1.65 bits per heavy atom. The predicted octanol–water partition coefficient (Wildman–Crippen LogP) is 4.26. The standard InChI is InChI=1S/C23H21ClN2O5/c1-16(23(28)26-20-8-5-13-25-22(20)24)31-21(27)15-30-19-11-9-18(10-12-19)29-14-17-6-3-2-4-7-17/h2-13,16H,14-15H2,1H3,(H,26,28). The summed E-state index contributed by atoms with van der Waals surface area (Å²) in [4.78, 5) is 28.0. The van der Waals surface area contributed by atoms with Gasteiger partial charge in [-0.2, -0.15) is 0 Å². The van der Waals surface area contributed by atoms with Crippen LogP contribution in [0, 0.1) is 0 Å². The van der Waals surface area contributed by atoms with Crippen molar-refractivity contribution in [1.82, 2.24) is 4.98 Å². The first-order valence-corrected chi connectivity index (χ1v) is 9.89. The van der Waals surface area contributed by atoms with Gasteiger partial charge in [-0.1, -0.05) is 41.9 Å². The third-order valence-corrected chi connectivity index (χ3v) is 4.42. The molecule has 160 valence electrons. The van der Waals surface area contributed by atoms with Crippen molar-refractivity contribution in [1.29, 1.82) is 0 Å². The van der Waals surface area contributed by atoms with Crippen molar-refractivity contribution in [3.63, 3.8) is 0 Å². The highest BCUT2D eigenvalue weighted by Gasteiger charge is 2.19. The first kappa shape index (κ1) is 22.1. The normalized spacial score (nSPS) is 11.3. The SMILES string of the molecule is CC(OC(=O)COc1ccc(OCc2ccccc2)cc1)C(=O)Nc1cccnc1Cl. The molecule has 1 unspecified atom stereocenters. The summed E-state index contributed by atoms with van der Waals surface area (Å²) >= 11 is 5.90. The second-order valence-electron chi connectivity index (χ2n) is 6.50. The summed E-state index contributed by atoms with van der Waals surface area (Å²) in [7, 11) is 0. The molecule has 0 saturated heterocycles. The van der Waals surface area contributed by atoms with Gasteiger partial charge in [0.15, 0.2) is 17.9 Å². The van der Waals surface area contributed by atoms with Gasteiger partial charge in [0.1, 0.15) is 18.1 Å². The molecule has 0 fully saturated rings. The number of rotatable bonds is 9. The molecule has 0 aliphatic carbocycles. The monoisotopic (exact) mass is 440 g/mol. The third kappa shape index (κ3) is 7.01. The van der Waals surface area contributed by atoms with Crippen LogP contribution in [0.15, 0.2) is 72.9 Å². The van der Waals surface area contributed by atoms with E-state index in [4.69, 9.17) is 25.8 Å². The van der Waals surface area contributed by atoms with Crippen LogP contribution < -0.4 is 14.8 Å². The molecular formula is C23H21ClN2O5. The fourth-order valence-electron chi connectivity index (χ4n) is 2.51. The molecule has 1 atom stereocenters. The third-order valence-electron chi connectivity index (χ3n) is 4.12. The molecule has 8 heteroatoms. The van der Waals surface area contributed by atoms with Crippen molar-refractivity contribution in [3.05, 3.63) is 83.6 Å². The van der Waals surface area contributed by atoms with E-state index in [1.807, 2.05) is 30.3 Å². The highest BCUT2D eigenvalue weighted by molar-refractivity contribution is 6.32. The molecule has 31 heavy (non-hydrogen) atoms. The van der Waals surface area contributed by atoms with Crippen LogP contribution in [0.1, 0.15) is 12.5 Å². The Labute approximate surface area is 184 Å². The smallest absolute Gasteiger partial charge is 0.344 e. The van der Waals surface area contributed by atoms with Gasteiger partial charge in [0, 0.05) is 6.20 Å². The van der Waals surface area contributed by atoms with Crippen LogP contribution in [0.2, 0.25) is 5.15 Å². The molecule has 7 nitrogen and oxygen atoms in total. The van der Waals surface area contributed by atoms with Crippen LogP contribution in [0.4, 0.5) is 5.69 Å². The van der Waals surface area contributed by atoms with E-state index >= 15 is 0 Å². The molecular weight excluding hydrogens is 420 g/mol. The van der Waals surface area contributed by atoms with Crippen molar-refractivity contribution in [2.24, 2.45) is 0 Å². The number of carbonyl (C=O) groups excluding carboxylic acids is 2. The van der Waals surface area contributed by atoms with E-state index in [1.165, 1.54) is 13.1 Å². The number of hydrogen-bond acceptors (Lipinski definition) is 6. The summed E-state index contributed by atoms with van der Waals surface area (Å²) in [5, 5.41) is 2.70. The maximum atomic E-state index is 12.1. The van der Waals surface area contributed by atoms with Gasteiger partial charge in [-0.05, 0) is 48.9 Å². The summed E-state index contributed by atoms with van der Waals surface area (Å²) in [6, 6.07) is 19.9. The fourth-order valence-corrected chi connectivity index (χ4v) is 2.68. The number of ether oxygens (including phenoxy) is 3. The largest absolute Gasteiger partial charge is 0.489 e. The zero-order valence-corrected chi connectivity index (χ0v) is 17.5. The van der Waals surface area contributed by atoms with Gasteiger partial charge in [-0.3, -0.25) is 4.79 Å². The van der Waals surface area contributed by atoms with Crippen molar-refractivity contribution in [3.8, 4) is 11.5 Å². The Hall–Kier alpha value is -3.58. The molecule has 0 aliphatic rings. The number of pyridine rings is 1. The average molecular weight is 441 g/mol. The Morgan fingerprint density at radius 3 is 2.32 bits per heavy atom. The zero-order valence-electron chi connectivity index (χ0n) is 16.8. The number of carbonyl (C=O) groups is 2. The van der Waals surface area contributed by atoms with E-state index < -0.39 is 18.0 Å². The van der Waals surface area contributed by atoms with Gasteiger partial charge in [0.05, 0.1) is 5.69 Å². The predicted molar refractivity (Wildman–Crippen MR) is 116 cm³/mol.